The third-order valence-corrected chi connectivity index (χ3v) is 7.19. The Morgan fingerprint density at radius 2 is 1.98 bits per heavy atom. The van der Waals surface area contributed by atoms with E-state index in [1.54, 1.807) is 11.1 Å². The summed E-state index contributed by atoms with van der Waals surface area (Å²) in [5.41, 5.74) is 1.76. The number of carbonyl (C=O) groups excluding carboxylic acids is 4. The number of likely N-dealkylation sites (tertiary alicyclic amines) is 1. The van der Waals surface area contributed by atoms with Crippen LogP contribution < -0.4 is 10.6 Å². The average molecular weight is 549 g/mol. The first-order valence-electron chi connectivity index (χ1n) is 13.4. The maximum atomic E-state index is 13.7. The maximum Gasteiger partial charge on any atom is 0.330 e. The molecule has 0 aliphatic carbocycles. The van der Waals surface area contributed by atoms with Crippen molar-refractivity contribution in [3.05, 3.63) is 66.2 Å². The molecule has 1 aliphatic heterocycles. The molecule has 4 rings (SSSR count). The molecule has 0 saturated carbocycles. The topological polar surface area (TPSA) is 137 Å². The Labute approximate surface area is 233 Å². The van der Waals surface area contributed by atoms with Gasteiger partial charge in [0.15, 0.2) is 0 Å². The summed E-state index contributed by atoms with van der Waals surface area (Å²) in [4.78, 5) is 61.4. The monoisotopic (exact) mass is 548 g/mol. The highest BCUT2D eigenvalue weighted by Crippen LogP contribution is 2.21. The van der Waals surface area contributed by atoms with Crippen LogP contribution in [0.2, 0.25) is 0 Å². The Morgan fingerprint density at radius 3 is 2.73 bits per heavy atom. The largest absolute Gasteiger partial charge is 0.467 e. The van der Waals surface area contributed by atoms with Crippen LogP contribution in [-0.4, -0.2) is 88.8 Å². The maximum absolute atomic E-state index is 13.7. The molecule has 2 atom stereocenters. The van der Waals surface area contributed by atoms with Crippen molar-refractivity contribution >= 4 is 34.5 Å². The zero-order valence-corrected chi connectivity index (χ0v) is 22.9. The van der Waals surface area contributed by atoms with Gasteiger partial charge in [-0.2, -0.15) is 0 Å². The van der Waals surface area contributed by atoms with Crippen LogP contribution >= 0.6 is 0 Å². The SMILES string of the molecule is COC(=O)[C@H](CNC(C)=O)N(CC1CCCN1C(=O)Cc1cnc[nH]1)C(=O)CNCc1cccc2ccccc12. The zero-order valence-electron chi connectivity index (χ0n) is 22.9. The van der Waals surface area contributed by atoms with Gasteiger partial charge >= 0.3 is 5.97 Å². The van der Waals surface area contributed by atoms with E-state index >= 15 is 0 Å². The molecule has 3 aromatic rings. The van der Waals surface area contributed by atoms with E-state index in [1.807, 2.05) is 42.5 Å². The standard InChI is InChI=1S/C29H36N6O5/c1-20(36)32-16-26(29(39)40-2)35(18-24-10-6-12-34(24)27(37)13-23-15-31-19-33-23)28(38)17-30-14-22-9-5-8-21-7-3-4-11-25(21)22/h3-5,7-9,11,15,19,24,26,30H,6,10,12-14,16-18H2,1-2H3,(H,31,33)(H,32,36)/t24?,26-/m0/s1. The Hall–Kier alpha value is -4.25. The molecule has 0 spiro atoms. The summed E-state index contributed by atoms with van der Waals surface area (Å²) in [5.74, 6) is -1.37. The highest BCUT2D eigenvalue weighted by Gasteiger charge is 2.37. The number of esters is 1. The van der Waals surface area contributed by atoms with Crippen LogP contribution in [0.3, 0.4) is 0 Å². The fourth-order valence-electron chi connectivity index (χ4n) is 5.18. The number of imidazole rings is 1. The van der Waals surface area contributed by atoms with Crippen molar-refractivity contribution in [2.75, 3.05) is 33.3 Å². The van der Waals surface area contributed by atoms with Crippen molar-refractivity contribution in [2.45, 2.75) is 44.8 Å². The number of aromatic nitrogens is 2. The minimum Gasteiger partial charge on any atom is -0.467 e. The van der Waals surface area contributed by atoms with Gasteiger partial charge < -0.3 is 30.2 Å². The van der Waals surface area contributed by atoms with Crippen molar-refractivity contribution in [2.24, 2.45) is 0 Å². The number of aromatic amines is 1. The number of nitrogens with one attached hydrogen (secondary N) is 3. The highest BCUT2D eigenvalue weighted by molar-refractivity contribution is 5.87. The number of rotatable bonds is 12. The second-order valence-electron chi connectivity index (χ2n) is 9.90. The lowest BCUT2D eigenvalue weighted by Crippen LogP contribution is -2.57. The number of hydrogen-bond acceptors (Lipinski definition) is 7. The molecule has 1 fully saturated rings. The van der Waals surface area contributed by atoms with E-state index in [1.165, 1.54) is 25.3 Å². The smallest absolute Gasteiger partial charge is 0.330 e. The first-order valence-corrected chi connectivity index (χ1v) is 13.4. The van der Waals surface area contributed by atoms with Gasteiger partial charge in [0, 0.05) is 51.0 Å². The first kappa shape index (κ1) is 28.8. The molecule has 1 saturated heterocycles. The van der Waals surface area contributed by atoms with Crippen LogP contribution in [0.1, 0.15) is 31.0 Å². The fraction of sp³-hybridized carbons (Fsp3) is 0.414. The molecule has 11 heteroatoms. The first-order chi connectivity index (χ1) is 19.4. The number of amides is 3. The van der Waals surface area contributed by atoms with Crippen LogP contribution in [0.15, 0.2) is 55.0 Å². The molecular weight excluding hydrogens is 512 g/mol. The van der Waals surface area contributed by atoms with E-state index in [0.29, 0.717) is 25.2 Å². The lowest BCUT2D eigenvalue weighted by atomic mass is 10.0. The molecule has 1 aliphatic rings. The zero-order chi connectivity index (χ0) is 28.5. The van der Waals surface area contributed by atoms with Gasteiger partial charge in [0.05, 0.1) is 26.4 Å². The number of fused-ring (bicyclic) bond motifs is 1. The molecule has 1 unspecified atom stereocenters. The van der Waals surface area contributed by atoms with Crippen LogP contribution in [0.5, 0.6) is 0 Å². The van der Waals surface area contributed by atoms with Crippen molar-refractivity contribution < 1.29 is 23.9 Å². The van der Waals surface area contributed by atoms with Crippen molar-refractivity contribution in [3.63, 3.8) is 0 Å². The summed E-state index contributed by atoms with van der Waals surface area (Å²) in [5, 5.41) is 8.06. The number of carbonyl (C=O) groups is 4. The van der Waals surface area contributed by atoms with Crippen molar-refractivity contribution in [1.29, 1.82) is 0 Å². The second kappa shape index (κ2) is 13.7. The highest BCUT2D eigenvalue weighted by atomic mass is 16.5. The summed E-state index contributed by atoms with van der Waals surface area (Å²) in [6, 6.07) is 12.7. The van der Waals surface area contributed by atoms with E-state index in [4.69, 9.17) is 4.74 Å². The average Bonchev–Trinajstić information content (AvgIpc) is 3.64. The van der Waals surface area contributed by atoms with Gasteiger partial charge in [0.1, 0.15) is 6.04 Å². The number of hydrogen-bond donors (Lipinski definition) is 3. The lowest BCUT2D eigenvalue weighted by molar-refractivity contribution is -0.153. The van der Waals surface area contributed by atoms with Crippen LogP contribution in [0.4, 0.5) is 0 Å². The predicted octanol–water partition coefficient (Wildman–Crippen LogP) is 1.39. The summed E-state index contributed by atoms with van der Waals surface area (Å²) in [7, 11) is 1.25. The number of benzene rings is 2. The van der Waals surface area contributed by atoms with Crippen molar-refractivity contribution in [3.8, 4) is 0 Å². The van der Waals surface area contributed by atoms with Crippen LogP contribution in [-0.2, 0) is 36.9 Å². The van der Waals surface area contributed by atoms with E-state index in [2.05, 4.69) is 20.6 Å². The minimum absolute atomic E-state index is 0.0361. The van der Waals surface area contributed by atoms with E-state index in [9.17, 15) is 19.2 Å². The van der Waals surface area contributed by atoms with Crippen LogP contribution in [0.25, 0.3) is 10.8 Å². The molecule has 1 aromatic heterocycles. The molecule has 212 valence electrons. The Morgan fingerprint density at radius 1 is 1.18 bits per heavy atom. The number of nitrogens with zero attached hydrogens (tertiary/aromatic N) is 3. The van der Waals surface area contributed by atoms with Gasteiger partial charge in [-0.1, -0.05) is 42.5 Å². The third-order valence-electron chi connectivity index (χ3n) is 7.19. The van der Waals surface area contributed by atoms with E-state index < -0.39 is 12.0 Å². The molecule has 3 N–H and O–H groups in total. The Kier molecular flexibility index (Phi) is 9.85. The molecular formula is C29H36N6O5. The molecule has 3 amide bonds. The molecule has 2 heterocycles. The summed E-state index contributed by atoms with van der Waals surface area (Å²) in [6.45, 7) is 2.38. The van der Waals surface area contributed by atoms with Gasteiger partial charge in [-0.3, -0.25) is 14.4 Å². The third kappa shape index (κ3) is 7.23. The van der Waals surface area contributed by atoms with Crippen LogP contribution in [0, 0.1) is 0 Å². The molecule has 0 bridgehead atoms. The van der Waals surface area contributed by atoms with Gasteiger partial charge in [0.2, 0.25) is 17.7 Å². The van der Waals surface area contributed by atoms with Gasteiger partial charge in [0.25, 0.3) is 0 Å². The van der Waals surface area contributed by atoms with Gasteiger partial charge in [-0.25, -0.2) is 9.78 Å². The normalized spacial score (nSPS) is 15.6. The molecule has 2 aromatic carbocycles. The Balaban J connectivity index is 1.50. The number of methoxy groups -OCH3 is 1. The summed E-state index contributed by atoms with van der Waals surface area (Å²) < 4.78 is 5.01. The number of ether oxygens (including phenoxy) is 1. The number of H-pyrrole nitrogens is 1. The quantitative estimate of drug-likeness (QED) is 0.291. The lowest BCUT2D eigenvalue weighted by Gasteiger charge is -2.35. The predicted molar refractivity (Wildman–Crippen MR) is 149 cm³/mol. The molecule has 0 radical (unpaired) electrons. The minimum atomic E-state index is -1.04. The Bertz CT molecular complexity index is 1320. The van der Waals surface area contributed by atoms with E-state index in [-0.39, 0.29) is 49.8 Å². The summed E-state index contributed by atoms with van der Waals surface area (Å²) in [6.07, 6.45) is 4.79. The van der Waals surface area contributed by atoms with Gasteiger partial charge in [-0.05, 0) is 29.2 Å². The molecule has 40 heavy (non-hydrogen) atoms. The molecule has 11 nitrogen and oxygen atoms in total. The van der Waals surface area contributed by atoms with Gasteiger partial charge in [-0.15, -0.1) is 0 Å². The summed E-state index contributed by atoms with van der Waals surface area (Å²) >= 11 is 0. The fourth-order valence-corrected chi connectivity index (χ4v) is 5.18. The van der Waals surface area contributed by atoms with Crippen molar-refractivity contribution in [1.82, 2.24) is 30.4 Å². The van der Waals surface area contributed by atoms with E-state index in [0.717, 1.165) is 22.8 Å². The second-order valence-corrected chi connectivity index (χ2v) is 9.90.